The maximum atomic E-state index is 12.7. The van der Waals surface area contributed by atoms with Gasteiger partial charge in [-0.05, 0) is 55.7 Å². The van der Waals surface area contributed by atoms with Crippen LogP contribution in [0.2, 0.25) is 5.02 Å². The Labute approximate surface area is 186 Å². The molecule has 9 heteroatoms. The minimum atomic E-state index is -3.44. The van der Waals surface area contributed by atoms with Crippen LogP contribution >= 0.6 is 11.6 Å². The maximum absolute atomic E-state index is 12.7. The molecule has 162 valence electrons. The summed E-state index contributed by atoms with van der Waals surface area (Å²) in [5, 5.41) is 7.76. The van der Waals surface area contributed by atoms with Crippen LogP contribution in [-0.2, 0) is 16.6 Å². The largest absolute Gasteiger partial charge is 0.348 e. The Morgan fingerprint density at radius 3 is 2.52 bits per heavy atom. The molecule has 3 aromatic rings. The number of carbonyl (C=O) groups is 1. The zero-order chi connectivity index (χ0) is 22.0. The highest BCUT2D eigenvalue weighted by atomic mass is 35.5. The first-order chi connectivity index (χ1) is 14.9. The molecule has 0 spiro atoms. The summed E-state index contributed by atoms with van der Waals surface area (Å²) in [5.74, 6) is -0.250. The van der Waals surface area contributed by atoms with Crippen molar-refractivity contribution >= 4 is 27.5 Å². The zero-order valence-electron chi connectivity index (χ0n) is 17.1. The van der Waals surface area contributed by atoms with Crippen molar-refractivity contribution in [3.05, 3.63) is 76.6 Å². The lowest BCUT2D eigenvalue weighted by molar-refractivity contribution is 0.0950. The molecule has 0 unspecified atom stereocenters. The third-order valence-corrected chi connectivity index (χ3v) is 7.53. The molecule has 1 aliphatic rings. The third kappa shape index (κ3) is 4.51. The molecule has 1 saturated heterocycles. The standard InChI is InChI=1S/C22H23ClN4O3S/c1-16-21(15-25-27(16)19-6-4-5-18(23)13-19)22(28)24-14-17-7-9-20(10-8-17)31(29,30)26-11-2-3-12-26/h4-10,13,15H,2-3,11-12,14H2,1H3,(H,24,28). The van der Waals surface area contributed by atoms with Gasteiger partial charge in [-0.25, -0.2) is 13.1 Å². The van der Waals surface area contributed by atoms with Gasteiger partial charge in [0.15, 0.2) is 0 Å². The highest BCUT2D eigenvalue weighted by molar-refractivity contribution is 7.89. The molecular formula is C22H23ClN4O3S. The summed E-state index contributed by atoms with van der Waals surface area (Å²) in [4.78, 5) is 12.9. The van der Waals surface area contributed by atoms with E-state index in [2.05, 4.69) is 10.4 Å². The summed E-state index contributed by atoms with van der Waals surface area (Å²) < 4.78 is 28.4. The lowest BCUT2D eigenvalue weighted by atomic mass is 10.2. The predicted molar refractivity (Wildman–Crippen MR) is 119 cm³/mol. The van der Waals surface area contributed by atoms with Crippen molar-refractivity contribution in [2.75, 3.05) is 13.1 Å². The summed E-state index contributed by atoms with van der Waals surface area (Å²) in [6, 6.07) is 13.9. The molecule has 7 nitrogen and oxygen atoms in total. The van der Waals surface area contributed by atoms with Gasteiger partial charge in [0.2, 0.25) is 10.0 Å². The van der Waals surface area contributed by atoms with E-state index in [0.29, 0.717) is 29.4 Å². The summed E-state index contributed by atoms with van der Waals surface area (Å²) in [6.45, 7) is 3.25. The van der Waals surface area contributed by atoms with Crippen LogP contribution in [-0.4, -0.2) is 41.5 Å². The SMILES string of the molecule is Cc1c(C(=O)NCc2ccc(S(=O)(=O)N3CCCC3)cc2)cnn1-c1cccc(Cl)c1. The van der Waals surface area contributed by atoms with Crippen LogP contribution in [0.25, 0.3) is 5.69 Å². The Morgan fingerprint density at radius 1 is 1.13 bits per heavy atom. The third-order valence-electron chi connectivity index (χ3n) is 5.39. The molecule has 1 fully saturated rings. The Kier molecular flexibility index (Phi) is 6.13. The predicted octanol–water partition coefficient (Wildman–Crippen LogP) is 3.55. The zero-order valence-corrected chi connectivity index (χ0v) is 18.7. The maximum Gasteiger partial charge on any atom is 0.255 e. The van der Waals surface area contributed by atoms with Crippen LogP contribution in [0.15, 0.2) is 59.6 Å². The van der Waals surface area contributed by atoms with Crippen LogP contribution in [0.5, 0.6) is 0 Å². The van der Waals surface area contributed by atoms with Gasteiger partial charge in [0.05, 0.1) is 28.0 Å². The molecular weight excluding hydrogens is 436 g/mol. The fraction of sp³-hybridized carbons (Fsp3) is 0.273. The molecule has 0 radical (unpaired) electrons. The van der Waals surface area contributed by atoms with Gasteiger partial charge in [-0.1, -0.05) is 29.8 Å². The van der Waals surface area contributed by atoms with Gasteiger partial charge >= 0.3 is 0 Å². The van der Waals surface area contributed by atoms with Crippen LogP contribution in [0, 0.1) is 6.92 Å². The first-order valence-electron chi connectivity index (χ1n) is 10.0. The van der Waals surface area contributed by atoms with Crippen molar-refractivity contribution < 1.29 is 13.2 Å². The Hall–Kier alpha value is -2.68. The van der Waals surface area contributed by atoms with Crippen molar-refractivity contribution in [2.45, 2.75) is 31.2 Å². The molecule has 31 heavy (non-hydrogen) atoms. The normalized spacial score (nSPS) is 14.6. The molecule has 4 rings (SSSR count). The van der Waals surface area contributed by atoms with Crippen molar-refractivity contribution in [1.82, 2.24) is 19.4 Å². The molecule has 1 N–H and O–H groups in total. The Morgan fingerprint density at radius 2 is 1.84 bits per heavy atom. The molecule has 0 atom stereocenters. The van der Waals surface area contributed by atoms with Crippen molar-refractivity contribution in [2.24, 2.45) is 0 Å². The van der Waals surface area contributed by atoms with Gasteiger partial charge in [0.1, 0.15) is 0 Å². The number of sulfonamides is 1. The van der Waals surface area contributed by atoms with Gasteiger partial charge in [-0.3, -0.25) is 4.79 Å². The number of nitrogens with zero attached hydrogens (tertiary/aromatic N) is 3. The smallest absolute Gasteiger partial charge is 0.255 e. The summed E-state index contributed by atoms with van der Waals surface area (Å²) in [7, 11) is -3.44. The topological polar surface area (TPSA) is 84.3 Å². The number of amides is 1. The minimum Gasteiger partial charge on any atom is -0.348 e. The van der Waals surface area contributed by atoms with Crippen LogP contribution in [0.1, 0.15) is 34.5 Å². The molecule has 2 aromatic carbocycles. The fourth-order valence-corrected chi connectivity index (χ4v) is 5.34. The van der Waals surface area contributed by atoms with E-state index in [1.807, 2.05) is 19.1 Å². The van der Waals surface area contributed by atoms with E-state index < -0.39 is 10.0 Å². The second kappa shape index (κ2) is 8.82. The van der Waals surface area contributed by atoms with E-state index >= 15 is 0 Å². The molecule has 2 heterocycles. The minimum absolute atomic E-state index is 0.250. The molecule has 0 bridgehead atoms. The van der Waals surface area contributed by atoms with E-state index in [-0.39, 0.29) is 17.3 Å². The number of benzene rings is 2. The highest BCUT2D eigenvalue weighted by Gasteiger charge is 2.26. The summed E-state index contributed by atoms with van der Waals surface area (Å²) in [5.41, 5.74) is 2.76. The van der Waals surface area contributed by atoms with Gasteiger partial charge in [0, 0.05) is 24.7 Å². The van der Waals surface area contributed by atoms with Gasteiger partial charge in [0.25, 0.3) is 5.91 Å². The van der Waals surface area contributed by atoms with E-state index in [4.69, 9.17) is 11.6 Å². The fourth-order valence-electron chi connectivity index (χ4n) is 3.64. The monoisotopic (exact) mass is 458 g/mol. The van der Waals surface area contributed by atoms with Gasteiger partial charge in [-0.2, -0.15) is 9.40 Å². The Bertz CT molecular complexity index is 1200. The number of carbonyl (C=O) groups excluding carboxylic acids is 1. The first-order valence-corrected chi connectivity index (χ1v) is 11.9. The lowest BCUT2D eigenvalue weighted by Crippen LogP contribution is -2.28. The number of rotatable bonds is 6. The lowest BCUT2D eigenvalue weighted by Gasteiger charge is -2.15. The second-order valence-corrected chi connectivity index (χ2v) is 9.85. The average molecular weight is 459 g/mol. The van der Waals surface area contributed by atoms with Crippen LogP contribution in [0.4, 0.5) is 0 Å². The van der Waals surface area contributed by atoms with Gasteiger partial charge < -0.3 is 5.32 Å². The number of aromatic nitrogens is 2. The quantitative estimate of drug-likeness (QED) is 0.612. The summed E-state index contributed by atoms with van der Waals surface area (Å²) >= 11 is 6.05. The van der Waals surface area contributed by atoms with E-state index in [1.165, 1.54) is 10.5 Å². The molecule has 1 aliphatic heterocycles. The van der Waals surface area contributed by atoms with Crippen molar-refractivity contribution in [3.8, 4) is 5.69 Å². The van der Waals surface area contributed by atoms with E-state index in [0.717, 1.165) is 24.1 Å². The molecule has 1 aromatic heterocycles. The molecule has 1 amide bonds. The molecule has 0 aliphatic carbocycles. The number of nitrogens with one attached hydrogen (secondary N) is 1. The number of halogens is 1. The second-order valence-electron chi connectivity index (χ2n) is 7.47. The van der Waals surface area contributed by atoms with E-state index in [1.54, 1.807) is 41.1 Å². The number of hydrogen-bond donors (Lipinski definition) is 1. The number of hydrogen-bond acceptors (Lipinski definition) is 4. The Balaban J connectivity index is 1.42. The molecule has 0 saturated carbocycles. The van der Waals surface area contributed by atoms with E-state index in [9.17, 15) is 13.2 Å². The summed E-state index contributed by atoms with van der Waals surface area (Å²) in [6.07, 6.45) is 3.32. The average Bonchev–Trinajstić information content (AvgIpc) is 3.43. The van der Waals surface area contributed by atoms with Crippen molar-refractivity contribution in [1.29, 1.82) is 0 Å². The van der Waals surface area contributed by atoms with Crippen LogP contribution in [0.3, 0.4) is 0 Å². The van der Waals surface area contributed by atoms with Gasteiger partial charge in [-0.15, -0.1) is 0 Å². The highest BCUT2D eigenvalue weighted by Crippen LogP contribution is 2.21. The van der Waals surface area contributed by atoms with Crippen LogP contribution < -0.4 is 5.32 Å². The first kappa shape index (κ1) is 21.5. The van der Waals surface area contributed by atoms with Crippen molar-refractivity contribution in [3.63, 3.8) is 0 Å².